The van der Waals surface area contributed by atoms with Crippen LogP contribution in [0.4, 0.5) is 12.9 Å². The molecule has 0 unspecified atom stereocenters. The summed E-state index contributed by atoms with van der Waals surface area (Å²) in [6, 6.07) is 0. The predicted octanol–water partition coefficient (Wildman–Crippen LogP) is -2.93. The first-order valence-corrected chi connectivity index (χ1v) is 4.60. The molecule has 2 amide bonds. The quantitative estimate of drug-likeness (QED) is 0.511. The number of hydrogen-bond donors (Lipinski definition) is 0. The Bertz CT molecular complexity index is 287. The molecule has 0 radical (unpaired) electrons. The molecular weight excluding hydrogens is 251 g/mol. The van der Waals surface area contributed by atoms with Gasteiger partial charge in [0.25, 0.3) is 0 Å². The molecule has 0 atom stereocenters. The molecule has 86 valence electrons. The number of carbonyl (C=O) groups is 2. The number of amides is 2. The van der Waals surface area contributed by atoms with E-state index in [1.807, 2.05) is 0 Å². The van der Waals surface area contributed by atoms with Gasteiger partial charge in [-0.3, -0.25) is 9.59 Å². The fraction of sp³-hybridized carbons (Fsp3) is 0.714. The van der Waals surface area contributed by atoms with Gasteiger partial charge in [0.05, 0.1) is 13.1 Å². The van der Waals surface area contributed by atoms with Crippen molar-refractivity contribution in [3.8, 4) is 0 Å². The van der Waals surface area contributed by atoms with E-state index < -0.39 is 31.8 Å². The molecule has 0 N–H and O–H groups in total. The third-order valence-corrected chi connectivity index (χ3v) is 2.17. The van der Waals surface area contributed by atoms with E-state index in [2.05, 4.69) is 0 Å². The summed E-state index contributed by atoms with van der Waals surface area (Å²) >= 11 is 0. The van der Waals surface area contributed by atoms with E-state index in [-0.39, 0.29) is 57.9 Å². The standard InChI is InChI=1S/C7H11BF3N2O2.K/c1-2-12-3-7(15)13(4-6(12)14)5-8(9,10)11;/h2-5H2,1H3;/q-1;+1. The van der Waals surface area contributed by atoms with E-state index >= 15 is 0 Å². The Morgan fingerprint density at radius 3 is 2.00 bits per heavy atom. The molecule has 0 bridgehead atoms. The average Bonchev–Trinajstić information content (AvgIpc) is 2.08. The van der Waals surface area contributed by atoms with Gasteiger partial charge in [-0.1, -0.05) is 0 Å². The molecule has 0 aromatic rings. The van der Waals surface area contributed by atoms with Gasteiger partial charge >= 0.3 is 58.4 Å². The Kier molecular flexibility index (Phi) is 6.56. The van der Waals surface area contributed by atoms with Crippen LogP contribution < -0.4 is 51.4 Å². The number of likely N-dealkylation sites (N-methyl/N-ethyl adjacent to an activating group) is 1. The summed E-state index contributed by atoms with van der Waals surface area (Å²) in [5.74, 6) is -1.08. The Morgan fingerprint density at radius 1 is 1.12 bits per heavy atom. The Morgan fingerprint density at radius 2 is 1.56 bits per heavy atom. The van der Waals surface area contributed by atoms with E-state index in [4.69, 9.17) is 0 Å². The SMILES string of the molecule is CCN1CC(=O)N(C[B-](F)(F)F)CC1=O.[K+]. The molecule has 0 aromatic carbocycles. The number of rotatable bonds is 3. The van der Waals surface area contributed by atoms with Gasteiger partial charge in [0.1, 0.15) is 0 Å². The summed E-state index contributed by atoms with van der Waals surface area (Å²) in [5.41, 5.74) is 0. The third-order valence-electron chi connectivity index (χ3n) is 2.17. The normalized spacial score (nSPS) is 17.5. The molecule has 0 saturated carbocycles. The maximum Gasteiger partial charge on any atom is 1.00 e. The van der Waals surface area contributed by atoms with Gasteiger partial charge in [-0.15, -0.1) is 0 Å². The van der Waals surface area contributed by atoms with E-state index in [1.165, 1.54) is 4.90 Å². The van der Waals surface area contributed by atoms with Gasteiger partial charge in [0, 0.05) is 6.54 Å². The topological polar surface area (TPSA) is 40.6 Å². The van der Waals surface area contributed by atoms with Crippen LogP contribution in [0.1, 0.15) is 6.92 Å². The summed E-state index contributed by atoms with van der Waals surface area (Å²) in [4.78, 5) is 24.3. The van der Waals surface area contributed by atoms with E-state index in [0.29, 0.717) is 11.4 Å². The summed E-state index contributed by atoms with van der Waals surface area (Å²) in [7, 11) is 0. The van der Waals surface area contributed by atoms with Gasteiger partial charge in [-0.25, -0.2) is 0 Å². The smallest absolute Gasteiger partial charge is 0.448 e. The van der Waals surface area contributed by atoms with Gasteiger partial charge in [0.2, 0.25) is 11.8 Å². The van der Waals surface area contributed by atoms with Gasteiger partial charge in [0.15, 0.2) is 0 Å². The number of piperazine rings is 1. The summed E-state index contributed by atoms with van der Waals surface area (Å²) < 4.78 is 36.2. The van der Waals surface area contributed by atoms with Crippen LogP contribution >= 0.6 is 0 Å². The number of carbonyl (C=O) groups excluding carboxylic acids is 2. The Hall–Kier alpha value is 0.431. The first-order valence-electron chi connectivity index (χ1n) is 4.60. The van der Waals surface area contributed by atoms with Crippen LogP contribution in [0.5, 0.6) is 0 Å². The van der Waals surface area contributed by atoms with Crippen LogP contribution in [-0.4, -0.2) is 54.7 Å². The zero-order valence-electron chi connectivity index (χ0n) is 9.25. The fourth-order valence-electron chi connectivity index (χ4n) is 1.41. The largest absolute Gasteiger partial charge is 1.00 e. The van der Waals surface area contributed by atoms with Crippen molar-refractivity contribution >= 4 is 18.8 Å². The molecule has 1 fully saturated rings. The Labute approximate surface area is 134 Å². The second-order valence-electron chi connectivity index (χ2n) is 3.39. The maximum absolute atomic E-state index is 12.1. The van der Waals surface area contributed by atoms with Crippen molar-refractivity contribution in [2.24, 2.45) is 0 Å². The zero-order chi connectivity index (χ0) is 11.6. The maximum atomic E-state index is 12.1. The second kappa shape index (κ2) is 6.39. The van der Waals surface area contributed by atoms with Crippen molar-refractivity contribution < 1.29 is 73.9 Å². The van der Waals surface area contributed by atoms with Crippen molar-refractivity contribution in [1.82, 2.24) is 9.80 Å². The second-order valence-corrected chi connectivity index (χ2v) is 3.39. The molecule has 4 nitrogen and oxygen atoms in total. The molecule has 1 aliphatic rings. The molecule has 0 spiro atoms. The van der Waals surface area contributed by atoms with Crippen molar-refractivity contribution in [2.75, 3.05) is 26.1 Å². The average molecular weight is 262 g/mol. The number of halogens is 3. The fourth-order valence-corrected chi connectivity index (χ4v) is 1.41. The van der Waals surface area contributed by atoms with Gasteiger partial charge in [-0.05, 0) is 13.4 Å². The molecular formula is C7H11BF3KN2O2. The monoisotopic (exact) mass is 262 g/mol. The number of hydrogen-bond acceptors (Lipinski definition) is 2. The first kappa shape index (κ1) is 16.4. The zero-order valence-corrected chi connectivity index (χ0v) is 12.4. The molecule has 0 aliphatic carbocycles. The minimum atomic E-state index is -5.07. The molecule has 0 aromatic heterocycles. The van der Waals surface area contributed by atoms with Gasteiger partial charge in [-0.2, -0.15) is 0 Å². The van der Waals surface area contributed by atoms with Crippen LogP contribution in [0.25, 0.3) is 0 Å². The molecule has 9 heteroatoms. The predicted molar refractivity (Wildman–Crippen MR) is 47.9 cm³/mol. The molecule has 1 rings (SSSR count). The van der Waals surface area contributed by atoms with Crippen LogP contribution in [0.2, 0.25) is 0 Å². The van der Waals surface area contributed by atoms with Crippen molar-refractivity contribution in [1.29, 1.82) is 0 Å². The van der Waals surface area contributed by atoms with Crippen molar-refractivity contribution in [3.05, 3.63) is 0 Å². The van der Waals surface area contributed by atoms with E-state index in [0.717, 1.165) is 0 Å². The van der Waals surface area contributed by atoms with Crippen molar-refractivity contribution in [2.45, 2.75) is 6.92 Å². The summed E-state index contributed by atoms with van der Waals surface area (Å²) in [6.45, 7) is -3.76. The third kappa shape index (κ3) is 4.74. The number of nitrogens with zero attached hydrogens (tertiary/aromatic N) is 2. The van der Waals surface area contributed by atoms with Crippen LogP contribution in [0.3, 0.4) is 0 Å². The molecule has 1 saturated heterocycles. The van der Waals surface area contributed by atoms with Crippen LogP contribution in [0.15, 0.2) is 0 Å². The van der Waals surface area contributed by atoms with Crippen LogP contribution in [-0.2, 0) is 9.59 Å². The van der Waals surface area contributed by atoms with Crippen molar-refractivity contribution in [3.63, 3.8) is 0 Å². The molecule has 16 heavy (non-hydrogen) atoms. The van der Waals surface area contributed by atoms with Crippen LogP contribution in [0, 0.1) is 0 Å². The molecule has 1 aliphatic heterocycles. The minimum Gasteiger partial charge on any atom is -0.448 e. The summed E-state index contributed by atoms with van der Waals surface area (Å²) in [6.07, 6.45) is -1.29. The van der Waals surface area contributed by atoms with E-state index in [1.54, 1.807) is 6.92 Å². The first-order chi connectivity index (χ1) is 6.83. The van der Waals surface area contributed by atoms with Gasteiger partial charge < -0.3 is 22.7 Å². The Balaban J connectivity index is 0.00000225. The summed E-state index contributed by atoms with van der Waals surface area (Å²) in [5, 5.41) is 0. The van der Waals surface area contributed by atoms with E-state index in [9.17, 15) is 22.5 Å². The molecule has 1 heterocycles. The minimum absolute atomic E-state index is 0.